The highest BCUT2D eigenvalue weighted by Crippen LogP contribution is 2.44. The average molecular weight is 367 g/mol. The number of benzene rings is 2. The zero-order valence-corrected chi connectivity index (χ0v) is 15.7. The number of nitrogens with zero attached hydrogens (tertiary/aromatic N) is 1. The maximum atomic E-state index is 12.7. The number of ether oxygens (including phenoxy) is 2. The Morgan fingerprint density at radius 1 is 1.15 bits per heavy atom. The van der Waals surface area contributed by atoms with Crippen LogP contribution in [0.5, 0.6) is 0 Å². The van der Waals surface area contributed by atoms with Crippen LogP contribution >= 0.6 is 0 Å². The van der Waals surface area contributed by atoms with Gasteiger partial charge in [0.15, 0.2) is 0 Å². The Morgan fingerprint density at radius 3 is 2.33 bits per heavy atom. The first-order valence-corrected chi connectivity index (χ1v) is 9.37. The van der Waals surface area contributed by atoms with Gasteiger partial charge in [-0.2, -0.15) is 0 Å². The predicted molar refractivity (Wildman–Crippen MR) is 103 cm³/mol. The second-order valence-corrected chi connectivity index (χ2v) is 7.87. The molecule has 2 aliphatic rings. The number of morpholine rings is 1. The maximum absolute atomic E-state index is 12.7. The molecule has 1 amide bonds. The van der Waals surface area contributed by atoms with E-state index in [1.807, 2.05) is 38.1 Å². The Bertz CT molecular complexity index is 802. The van der Waals surface area contributed by atoms with Crippen molar-refractivity contribution in [1.29, 1.82) is 0 Å². The molecule has 2 aromatic carbocycles. The first-order chi connectivity index (χ1) is 13.0. The number of rotatable bonds is 3. The molecule has 5 nitrogen and oxygen atoms in total. The number of fused-ring (bicyclic) bond motifs is 3. The number of hydrogen-bond donors (Lipinski definition) is 1. The minimum Gasteiger partial charge on any atom is -0.448 e. The Labute approximate surface area is 159 Å². The summed E-state index contributed by atoms with van der Waals surface area (Å²) in [7, 11) is 0. The monoisotopic (exact) mass is 367 g/mol. The summed E-state index contributed by atoms with van der Waals surface area (Å²) in [6, 6.07) is 16.6. The average Bonchev–Trinajstić information content (AvgIpc) is 2.98. The third kappa shape index (κ3) is 3.45. The number of carbonyl (C=O) groups is 1. The van der Waals surface area contributed by atoms with Crippen LogP contribution in [0.2, 0.25) is 0 Å². The van der Waals surface area contributed by atoms with Gasteiger partial charge in [0.25, 0.3) is 0 Å². The number of aliphatic hydroxyl groups excluding tert-OH is 1. The number of carbonyl (C=O) groups excluding carboxylic acids is 1. The molecule has 1 atom stereocenters. The van der Waals surface area contributed by atoms with E-state index in [-0.39, 0.29) is 24.7 Å². The minimum atomic E-state index is -0.503. The fourth-order valence-corrected chi connectivity index (χ4v) is 4.22. The molecule has 5 heteroatoms. The van der Waals surface area contributed by atoms with Gasteiger partial charge in [-0.25, -0.2) is 4.79 Å². The summed E-state index contributed by atoms with van der Waals surface area (Å²) in [5, 5.41) is 9.44. The summed E-state index contributed by atoms with van der Waals surface area (Å²) in [6.45, 7) is 4.80. The fourth-order valence-electron chi connectivity index (χ4n) is 4.22. The van der Waals surface area contributed by atoms with Crippen molar-refractivity contribution in [2.24, 2.45) is 0 Å². The van der Waals surface area contributed by atoms with Crippen LogP contribution in [0.1, 0.15) is 30.9 Å². The number of hydrogen-bond acceptors (Lipinski definition) is 4. The van der Waals surface area contributed by atoms with Crippen LogP contribution in [0.25, 0.3) is 11.1 Å². The van der Waals surface area contributed by atoms with Crippen molar-refractivity contribution in [3.8, 4) is 11.1 Å². The lowest BCUT2D eigenvalue weighted by Crippen LogP contribution is -2.55. The smallest absolute Gasteiger partial charge is 0.409 e. The lowest BCUT2D eigenvalue weighted by Gasteiger charge is -2.41. The highest BCUT2D eigenvalue weighted by atomic mass is 16.6. The van der Waals surface area contributed by atoms with Gasteiger partial charge in [0.1, 0.15) is 6.61 Å². The zero-order valence-electron chi connectivity index (χ0n) is 15.7. The zero-order chi connectivity index (χ0) is 19.0. The molecule has 1 fully saturated rings. The molecule has 0 aromatic heterocycles. The van der Waals surface area contributed by atoms with Crippen molar-refractivity contribution in [3.63, 3.8) is 0 Å². The SMILES string of the molecule is CC1(C)CN(C(=O)OCC2c3ccccc3-c3ccccc32)C[C@@H](CO)O1. The Balaban J connectivity index is 1.50. The first-order valence-electron chi connectivity index (χ1n) is 9.37. The Kier molecular flexibility index (Phi) is 4.66. The molecular weight excluding hydrogens is 342 g/mol. The normalized spacial score (nSPS) is 20.9. The molecule has 1 aliphatic carbocycles. The van der Waals surface area contributed by atoms with E-state index in [0.717, 1.165) is 0 Å². The fraction of sp³-hybridized carbons (Fsp3) is 0.409. The minimum absolute atomic E-state index is 0.0454. The van der Waals surface area contributed by atoms with Crippen LogP contribution in [0, 0.1) is 0 Å². The van der Waals surface area contributed by atoms with Gasteiger partial charge >= 0.3 is 6.09 Å². The van der Waals surface area contributed by atoms with Crippen molar-refractivity contribution in [2.45, 2.75) is 31.5 Å². The van der Waals surface area contributed by atoms with E-state index >= 15 is 0 Å². The first kappa shape index (κ1) is 18.0. The molecule has 4 rings (SSSR count). The lowest BCUT2D eigenvalue weighted by molar-refractivity contribution is -0.143. The molecule has 1 N–H and O–H groups in total. The molecule has 0 spiro atoms. The topological polar surface area (TPSA) is 59.0 Å². The molecule has 1 aliphatic heterocycles. The molecule has 0 radical (unpaired) electrons. The molecule has 27 heavy (non-hydrogen) atoms. The van der Waals surface area contributed by atoms with Gasteiger partial charge in [-0.3, -0.25) is 0 Å². The quantitative estimate of drug-likeness (QED) is 0.903. The summed E-state index contributed by atoms with van der Waals surface area (Å²) in [5.41, 5.74) is 4.31. The Hall–Kier alpha value is -2.37. The van der Waals surface area contributed by atoms with Crippen molar-refractivity contribution >= 4 is 6.09 Å². The number of amides is 1. The van der Waals surface area contributed by atoms with Gasteiger partial charge in [-0.05, 0) is 36.1 Å². The maximum Gasteiger partial charge on any atom is 0.409 e. The third-order valence-electron chi connectivity index (χ3n) is 5.28. The van der Waals surface area contributed by atoms with Gasteiger partial charge in [-0.1, -0.05) is 48.5 Å². The van der Waals surface area contributed by atoms with E-state index in [1.165, 1.54) is 22.3 Å². The highest BCUT2D eigenvalue weighted by Gasteiger charge is 2.37. The van der Waals surface area contributed by atoms with E-state index in [2.05, 4.69) is 24.3 Å². The van der Waals surface area contributed by atoms with E-state index in [0.29, 0.717) is 19.7 Å². The van der Waals surface area contributed by atoms with Gasteiger partial charge in [0.2, 0.25) is 0 Å². The Morgan fingerprint density at radius 2 is 1.74 bits per heavy atom. The molecule has 1 saturated heterocycles. The molecule has 0 unspecified atom stereocenters. The van der Waals surface area contributed by atoms with Crippen LogP contribution in [-0.2, 0) is 9.47 Å². The third-order valence-corrected chi connectivity index (χ3v) is 5.28. The largest absolute Gasteiger partial charge is 0.448 e. The molecule has 142 valence electrons. The standard InChI is InChI=1S/C22H25NO4/c1-22(2)14-23(11-15(12-24)27-22)21(25)26-13-20-18-9-5-3-7-16(18)17-8-4-6-10-19(17)20/h3-10,15,20,24H,11-14H2,1-2H3/t15-/m0/s1. The number of aliphatic hydroxyl groups is 1. The van der Waals surface area contributed by atoms with Crippen LogP contribution in [-0.4, -0.2) is 54.1 Å². The van der Waals surface area contributed by atoms with Gasteiger partial charge < -0.3 is 19.5 Å². The van der Waals surface area contributed by atoms with E-state index in [1.54, 1.807) is 4.90 Å². The second-order valence-electron chi connectivity index (χ2n) is 7.87. The van der Waals surface area contributed by atoms with Gasteiger partial charge in [-0.15, -0.1) is 0 Å². The summed E-state index contributed by atoms with van der Waals surface area (Å²) in [4.78, 5) is 14.3. The molecule has 0 saturated carbocycles. The van der Waals surface area contributed by atoms with E-state index < -0.39 is 5.60 Å². The van der Waals surface area contributed by atoms with Crippen molar-refractivity contribution in [3.05, 3.63) is 59.7 Å². The molecule has 1 heterocycles. The van der Waals surface area contributed by atoms with Crippen molar-refractivity contribution < 1.29 is 19.4 Å². The summed E-state index contributed by atoms with van der Waals surface area (Å²) >= 11 is 0. The van der Waals surface area contributed by atoms with E-state index in [9.17, 15) is 9.90 Å². The lowest BCUT2D eigenvalue weighted by atomic mass is 9.98. The second kappa shape index (κ2) is 6.98. The van der Waals surface area contributed by atoms with Gasteiger partial charge in [0, 0.05) is 5.92 Å². The summed E-state index contributed by atoms with van der Waals surface area (Å²) in [6.07, 6.45) is -0.735. The molecular formula is C22H25NO4. The molecule has 0 bridgehead atoms. The predicted octanol–water partition coefficient (Wildman–Crippen LogP) is 3.41. The van der Waals surface area contributed by atoms with Crippen LogP contribution < -0.4 is 0 Å². The van der Waals surface area contributed by atoms with Crippen LogP contribution in [0.3, 0.4) is 0 Å². The van der Waals surface area contributed by atoms with Crippen LogP contribution in [0.15, 0.2) is 48.5 Å². The summed E-state index contributed by atoms with van der Waals surface area (Å²) < 4.78 is 11.5. The van der Waals surface area contributed by atoms with E-state index in [4.69, 9.17) is 9.47 Å². The van der Waals surface area contributed by atoms with Crippen LogP contribution in [0.4, 0.5) is 4.79 Å². The summed E-state index contributed by atoms with van der Waals surface area (Å²) in [5.74, 6) is 0.0454. The van der Waals surface area contributed by atoms with Crippen molar-refractivity contribution in [1.82, 2.24) is 4.90 Å². The highest BCUT2D eigenvalue weighted by molar-refractivity contribution is 5.79. The van der Waals surface area contributed by atoms with Gasteiger partial charge in [0.05, 0.1) is 31.4 Å². The van der Waals surface area contributed by atoms with Crippen molar-refractivity contribution in [2.75, 3.05) is 26.3 Å². The molecule has 2 aromatic rings.